The summed E-state index contributed by atoms with van der Waals surface area (Å²) in [6.45, 7) is 4.30. The van der Waals surface area contributed by atoms with E-state index in [1.807, 2.05) is 12.2 Å². The quantitative estimate of drug-likeness (QED) is 0.0171. The van der Waals surface area contributed by atoms with Crippen molar-refractivity contribution in [3.8, 4) is 0 Å². The fourth-order valence-electron chi connectivity index (χ4n) is 7.04. The van der Waals surface area contributed by atoms with Crippen molar-refractivity contribution in [3.63, 3.8) is 0 Å². The standard InChI is InChI=1S/C45H81O13P/c1-4-5-19-25-37(47)29-30-41-40(42(49)31-43(41)50)26-21-17-18-22-27-44(51)55-34-39(35-57-59(53,54)56-33-38(48)32-46)58-45(52)28-23-16-14-12-10-8-6-7-9-11-13-15-20-24-36(2)3/h17,21,29-30,36-41,43,46-48,50H,4-16,18-20,22-28,31-35H2,1-3H3,(H,53,54)/b21-17-,30-29+/t37-,38-,39+,40+,41+,43+/m0/s1. The molecule has 1 unspecified atom stereocenters. The van der Waals surface area contributed by atoms with Crippen molar-refractivity contribution in [2.75, 3.05) is 26.4 Å². The van der Waals surface area contributed by atoms with Crippen LogP contribution in [0.5, 0.6) is 0 Å². The molecule has 1 rings (SSSR count). The third-order valence-corrected chi connectivity index (χ3v) is 11.6. The van der Waals surface area contributed by atoms with Crippen LogP contribution in [0.4, 0.5) is 0 Å². The maximum Gasteiger partial charge on any atom is 0.472 e. The van der Waals surface area contributed by atoms with E-state index in [1.54, 1.807) is 12.2 Å². The number of ketones is 1. The highest BCUT2D eigenvalue weighted by molar-refractivity contribution is 7.47. The molecule has 0 aromatic heterocycles. The Bertz CT molecular complexity index is 1210. The van der Waals surface area contributed by atoms with Crippen molar-refractivity contribution in [3.05, 3.63) is 24.3 Å². The lowest BCUT2D eigenvalue weighted by molar-refractivity contribution is -0.161. The molecule has 1 aliphatic rings. The Morgan fingerprint density at radius 3 is 1.97 bits per heavy atom. The van der Waals surface area contributed by atoms with E-state index in [4.69, 9.17) is 19.1 Å². The number of phosphoric acid groups is 1. The van der Waals surface area contributed by atoms with E-state index in [0.29, 0.717) is 32.1 Å². The van der Waals surface area contributed by atoms with Gasteiger partial charge in [0, 0.05) is 31.1 Å². The number of carbonyl (C=O) groups excluding carboxylic acids is 3. The smallest absolute Gasteiger partial charge is 0.462 e. The molecule has 13 nitrogen and oxygen atoms in total. The summed E-state index contributed by atoms with van der Waals surface area (Å²) >= 11 is 0. The number of aliphatic hydroxyl groups excluding tert-OH is 4. The molecule has 59 heavy (non-hydrogen) atoms. The van der Waals surface area contributed by atoms with Crippen LogP contribution in [-0.2, 0) is 37.5 Å². The lowest BCUT2D eigenvalue weighted by atomic mass is 9.90. The second-order valence-electron chi connectivity index (χ2n) is 16.7. The van der Waals surface area contributed by atoms with Crippen molar-refractivity contribution in [1.82, 2.24) is 0 Å². The van der Waals surface area contributed by atoms with Gasteiger partial charge >= 0.3 is 19.8 Å². The first-order valence-electron chi connectivity index (χ1n) is 22.8. The number of carbonyl (C=O) groups is 3. The number of Topliss-reactive ketones (excluding diaryl/α,β-unsaturated/α-hetero) is 1. The van der Waals surface area contributed by atoms with Crippen molar-refractivity contribution in [1.29, 1.82) is 0 Å². The molecule has 0 aliphatic heterocycles. The summed E-state index contributed by atoms with van der Waals surface area (Å²) < 4.78 is 32.7. The summed E-state index contributed by atoms with van der Waals surface area (Å²) in [6, 6.07) is 0. The van der Waals surface area contributed by atoms with Gasteiger partial charge < -0.3 is 34.8 Å². The normalized spacial score (nSPS) is 19.7. The monoisotopic (exact) mass is 861 g/mol. The van der Waals surface area contributed by atoms with Gasteiger partial charge in [0.15, 0.2) is 6.10 Å². The molecule has 0 radical (unpaired) electrons. The van der Waals surface area contributed by atoms with Gasteiger partial charge in [-0.05, 0) is 38.0 Å². The van der Waals surface area contributed by atoms with Crippen LogP contribution in [0.25, 0.3) is 0 Å². The van der Waals surface area contributed by atoms with Gasteiger partial charge in [0.1, 0.15) is 18.5 Å². The van der Waals surface area contributed by atoms with Crippen LogP contribution in [0.3, 0.4) is 0 Å². The minimum Gasteiger partial charge on any atom is -0.462 e. The maximum absolute atomic E-state index is 12.7. The third kappa shape index (κ3) is 29.9. The molecular weight excluding hydrogens is 779 g/mol. The number of allylic oxidation sites excluding steroid dienone is 2. The Labute approximate surface area is 355 Å². The maximum atomic E-state index is 12.7. The zero-order valence-corrected chi connectivity index (χ0v) is 37.5. The number of esters is 2. The van der Waals surface area contributed by atoms with Gasteiger partial charge in [-0.1, -0.05) is 148 Å². The summed E-state index contributed by atoms with van der Waals surface area (Å²) in [5.41, 5.74) is 0. The molecule has 0 heterocycles. The zero-order chi connectivity index (χ0) is 43.7. The van der Waals surface area contributed by atoms with Gasteiger partial charge in [0.2, 0.25) is 0 Å². The molecule has 0 amide bonds. The van der Waals surface area contributed by atoms with Gasteiger partial charge in [-0.25, -0.2) is 4.57 Å². The van der Waals surface area contributed by atoms with E-state index in [1.165, 1.54) is 64.2 Å². The summed E-state index contributed by atoms with van der Waals surface area (Å²) in [4.78, 5) is 47.7. The van der Waals surface area contributed by atoms with E-state index < -0.39 is 70.6 Å². The molecule has 14 heteroatoms. The van der Waals surface area contributed by atoms with Crippen LogP contribution < -0.4 is 0 Å². The summed E-state index contributed by atoms with van der Waals surface area (Å²) in [5, 5.41) is 39.0. The molecule has 344 valence electrons. The van der Waals surface area contributed by atoms with Crippen LogP contribution in [-0.4, -0.2) is 93.9 Å². The average Bonchev–Trinajstić information content (AvgIpc) is 3.47. The molecule has 0 aromatic rings. The van der Waals surface area contributed by atoms with Crippen molar-refractivity contribution >= 4 is 25.5 Å². The van der Waals surface area contributed by atoms with E-state index in [0.717, 1.165) is 44.4 Å². The highest BCUT2D eigenvalue weighted by atomic mass is 31.2. The van der Waals surface area contributed by atoms with Crippen molar-refractivity contribution in [2.45, 2.75) is 199 Å². The zero-order valence-electron chi connectivity index (χ0n) is 36.6. The van der Waals surface area contributed by atoms with E-state index >= 15 is 0 Å². The number of hydrogen-bond acceptors (Lipinski definition) is 12. The second kappa shape index (κ2) is 34.6. The Morgan fingerprint density at radius 1 is 0.780 bits per heavy atom. The first-order chi connectivity index (χ1) is 28.3. The van der Waals surface area contributed by atoms with Gasteiger partial charge in [-0.2, -0.15) is 0 Å². The predicted octanol–water partition coefficient (Wildman–Crippen LogP) is 8.62. The fourth-order valence-corrected chi connectivity index (χ4v) is 7.83. The Hall–Kier alpha value is -1.96. The summed E-state index contributed by atoms with van der Waals surface area (Å²) in [7, 11) is -4.68. The van der Waals surface area contributed by atoms with Crippen molar-refractivity contribution < 1.29 is 62.8 Å². The average molecular weight is 861 g/mol. The second-order valence-corrected chi connectivity index (χ2v) is 18.1. The van der Waals surface area contributed by atoms with Crippen LogP contribution in [0.1, 0.15) is 175 Å². The Balaban J connectivity index is 2.45. The number of ether oxygens (including phenoxy) is 2. The lowest BCUT2D eigenvalue weighted by Crippen LogP contribution is -2.29. The van der Waals surface area contributed by atoms with Gasteiger partial charge in [-0.15, -0.1) is 0 Å². The molecule has 0 bridgehead atoms. The van der Waals surface area contributed by atoms with Gasteiger partial charge in [0.05, 0.1) is 32.0 Å². The predicted molar refractivity (Wildman–Crippen MR) is 229 cm³/mol. The molecule has 0 spiro atoms. The van der Waals surface area contributed by atoms with Crippen LogP contribution >= 0.6 is 7.82 Å². The first-order valence-corrected chi connectivity index (χ1v) is 24.2. The Morgan fingerprint density at radius 2 is 1.36 bits per heavy atom. The van der Waals surface area contributed by atoms with Crippen LogP contribution in [0.2, 0.25) is 0 Å². The number of phosphoric ester groups is 1. The number of rotatable bonds is 38. The van der Waals surface area contributed by atoms with Crippen LogP contribution in [0, 0.1) is 17.8 Å². The molecule has 1 aliphatic carbocycles. The van der Waals surface area contributed by atoms with Gasteiger partial charge in [-0.3, -0.25) is 23.4 Å². The first kappa shape index (κ1) is 55.1. The topological polar surface area (TPSA) is 206 Å². The van der Waals surface area contributed by atoms with Gasteiger partial charge in [0.25, 0.3) is 0 Å². The number of unbranched alkanes of at least 4 members (excludes halogenated alkanes) is 15. The lowest BCUT2D eigenvalue weighted by Gasteiger charge is -2.20. The summed E-state index contributed by atoms with van der Waals surface area (Å²) in [6.07, 6.45) is 25.1. The Kier molecular flexibility index (Phi) is 32.3. The van der Waals surface area contributed by atoms with E-state index in [-0.39, 0.29) is 36.9 Å². The molecule has 0 saturated heterocycles. The minimum atomic E-state index is -4.68. The minimum absolute atomic E-state index is 0.0170. The molecule has 7 atom stereocenters. The van der Waals surface area contributed by atoms with E-state index in [9.17, 15) is 39.2 Å². The molecular formula is C45H81O13P. The SMILES string of the molecule is CCCCC[C@H](O)/C=C/[C@H]1[C@H](O)CC(=O)[C@@H]1C/C=C\CCCC(=O)OC[C@H](COP(=O)(O)OC[C@@H](O)CO)OC(=O)CCCCCCCCCCCCCCCC(C)C. The molecule has 1 saturated carbocycles. The highest BCUT2D eigenvalue weighted by Crippen LogP contribution is 2.43. The molecule has 5 N–H and O–H groups in total. The van der Waals surface area contributed by atoms with E-state index in [2.05, 4.69) is 25.3 Å². The number of aliphatic hydroxyl groups is 4. The molecule has 1 fully saturated rings. The third-order valence-electron chi connectivity index (χ3n) is 10.7. The summed E-state index contributed by atoms with van der Waals surface area (Å²) in [5.74, 6) is -1.08. The van der Waals surface area contributed by atoms with Crippen molar-refractivity contribution in [2.24, 2.45) is 17.8 Å². The number of hydrogen-bond donors (Lipinski definition) is 5. The largest absolute Gasteiger partial charge is 0.472 e. The fraction of sp³-hybridized carbons (Fsp3) is 0.844. The van der Waals surface area contributed by atoms with Crippen LogP contribution in [0.15, 0.2) is 24.3 Å². The molecule has 0 aromatic carbocycles. The highest BCUT2D eigenvalue weighted by Gasteiger charge is 2.39.